The summed E-state index contributed by atoms with van der Waals surface area (Å²) in [5, 5.41) is 8.36. The average Bonchev–Trinajstić information content (AvgIpc) is 2.28. The molecule has 5 heteroatoms. The molecule has 0 spiro atoms. The lowest BCUT2D eigenvalue weighted by atomic mass is 10.2. The van der Waals surface area contributed by atoms with Crippen molar-refractivity contribution in [1.82, 2.24) is 4.90 Å². The fourth-order valence-corrected chi connectivity index (χ4v) is 1.23. The molecule has 0 saturated carbocycles. The number of benzene rings is 1. The van der Waals surface area contributed by atoms with Crippen LogP contribution >= 0.6 is 0 Å². The second-order valence-electron chi connectivity index (χ2n) is 3.46. The van der Waals surface area contributed by atoms with Crippen molar-refractivity contribution < 1.29 is 19.1 Å². The van der Waals surface area contributed by atoms with Crippen LogP contribution < -0.4 is 0 Å². The minimum atomic E-state index is -1.20. The summed E-state index contributed by atoms with van der Waals surface area (Å²) in [5.74, 6) is -2.08. The van der Waals surface area contributed by atoms with Crippen LogP contribution in [0.2, 0.25) is 0 Å². The quantitative estimate of drug-likeness (QED) is 0.806. The molecular formula is C12H12FNO3. The van der Waals surface area contributed by atoms with Crippen LogP contribution in [-0.4, -0.2) is 28.9 Å². The zero-order chi connectivity index (χ0) is 12.8. The molecule has 0 saturated heterocycles. The van der Waals surface area contributed by atoms with E-state index < -0.39 is 17.7 Å². The Hall–Kier alpha value is -2.17. The van der Waals surface area contributed by atoms with E-state index in [-0.39, 0.29) is 6.54 Å². The van der Waals surface area contributed by atoms with Gasteiger partial charge in [-0.05, 0) is 6.07 Å². The Morgan fingerprint density at radius 2 is 2.00 bits per heavy atom. The molecule has 0 bridgehead atoms. The predicted molar refractivity (Wildman–Crippen MR) is 59.6 cm³/mol. The molecular weight excluding hydrogens is 225 g/mol. The summed E-state index contributed by atoms with van der Waals surface area (Å²) >= 11 is 0. The van der Waals surface area contributed by atoms with Crippen molar-refractivity contribution in [1.29, 1.82) is 0 Å². The Kier molecular flexibility index (Phi) is 4.39. The number of carboxylic acids is 1. The summed E-state index contributed by atoms with van der Waals surface area (Å²) in [6, 6.07) is 6.11. The van der Waals surface area contributed by atoms with Crippen LogP contribution in [0.5, 0.6) is 0 Å². The number of carboxylic acid groups (broad SMARTS) is 1. The lowest BCUT2D eigenvalue weighted by molar-refractivity contribution is -0.132. The second-order valence-corrected chi connectivity index (χ2v) is 3.46. The van der Waals surface area contributed by atoms with E-state index in [9.17, 15) is 14.0 Å². The number of halogens is 1. The molecule has 4 nitrogen and oxygen atoms in total. The van der Waals surface area contributed by atoms with E-state index >= 15 is 0 Å². The molecule has 0 aromatic heterocycles. The van der Waals surface area contributed by atoms with Gasteiger partial charge in [-0.1, -0.05) is 18.2 Å². The van der Waals surface area contributed by atoms with Gasteiger partial charge >= 0.3 is 5.97 Å². The van der Waals surface area contributed by atoms with Crippen LogP contribution in [0, 0.1) is 5.82 Å². The molecule has 90 valence electrons. The minimum Gasteiger partial charge on any atom is -0.478 e. The largest absolute Gasteiger partial charge is 0.478 e. The van der Waals surface area contributed by atoms with Crippen LogP contribution in [-0.2, 0) is 16.1 Å². The maximum Gasteiger partial charge on any atom is 0.328 e. The molecule has 17 heavy (non-hydrogen) atoms. The van der Waals surface area contributed by atoms with Gasteiger partial charge in [0.2, 0.25) is 5.91 Å². The number of rotatable bonds is 4. The summed E-state index contributed by atoms with van der Waals surface area (Å²) in [6.45, 7) is 0.0927. The average molecular weight is 237 g/mol. The molecule has 1 aromatic carbocycles. The Balaban J connectivity index is 2.67. The Bertz CT molecular complexity index is 457. The molecule has 0 unspecified atom stereocenters. The van der Waals surface area contributed by atoms with E-state index in [0.717, 1.165) is 12.2 Å². The van der Waals surface area contributed by atoms with Gasteiger partial charge in [0.05, 0.1) is 0 Å². The zero-order valence-corrected chi connectivity index (χ0v) is 9.26. The van der Waals surface area contributed by atoms with E-state index in [1.807, 2.05) is 0 Å². The van der Waals surface area contributed by atoms with E-state index in [4.69, 9.17) is 5.11 Å². The third-order valence-corrected chi connectivity index (χ3v) is 2.11. The van der Waals surface area contributed by atoms with Crippen LogP contribution in [0.15, 0.2) is 36.4 Å². The van der Waals surface area contributed by atoms with Gasteiger partial charge < -0.3 is 10.0 Å². The predicted octanol–water partition coefficient (Wildman–Crippen LogP) is 1.42. The van der Waals surface area contributed by atoms with Gasteiger partial charge in [0.15, 0.2) is 0 Å². The first-order chi connectivity index (χ1) is 8.00. The highest BCUT2D eigenvalue weighted by molar-refractivity contribution is 5.93. The minimum absolute atomic E-state index is 0.0927. The first-order valence-electron chi connectivity index (χ1n) is 4.90. The third kappa shape index (κ3) is 4.06. The maximum atomic E-state index is 13.3. The number of hydrogen-bond acceptors (Lipinski definition) is 2. The van der Waals surface area contributed by atoms with Crippen molar-refractivity contribution in [3.8, 4) is 0 Å². The van der Waals surface area contributed by atoms with Crippen LogP contribution in [0.1, 0.15) is 5.56 Å². The highest BCUT2D eigenvalue weighted by Crippen LogP contribution is 2.08. The summed E-state index contributed by atoms with van der Waals surface area (Å²) in [6.07, 6.45) is 1.68. The van der Waals surface area contributed by atoms with Crippen LogP contribution in [0.4, 0.5) is 4.39 Å². The number of nitrogens with zero attached hydrogens (tertiary/aromatic N) is 1. The third-order valence-electron chi connectivity index (χ3n) is 2.11. The summed E-state index contributed by atoms with van der Waals surface area (Å²) in [7, 11) is 1.47. The van der Waals surface area contributed by atoms with Crippen molar-refractivity contribution in [2.75, 3.05) is 7.05 Å². The molecule has 0 fully saturated rings. The highest BCUT2D eigenvalue weighted by Gasteiger charge is 2.08. The van der Waals surface area contributed by atoms with Crippen molar-refractivity contribution in [3.05, 3.63) is 47.8 Å². The number of amides is 1. The molecule has 1 rings (SSSR count). The van der Waals surface area contributed by atoms with Crippen molar-refractivity contribution in [3.63, 3.8) is 0 Å². The molecule has 1 N–H and O–H groups in total. The van der Waals surface area contributed by atoms with Gasteiger partial charge in [-0.25, -0.2) is 9.18 Å². The first-order valence-corrected chi connectivity index (χ1v) is 4.90. The molecule has 0 aliphatic heterocycles. The normalized spacial score (nSPS) is 10.5. The number of aliphatic carboxylic acids is 1. The highest BCUT2D eigenvalue weighted by atomic mass is 19.1. The van der Waals surface area contributed by atoms with Gasteiger partial charge in [0.25, 0.3) is 0 Å². The van der Waals surface area contributed by atoms with E-state index in [1.165, 1.54) is 18.0 Å². The van der Waals surface area contributed by atoms with E-state index in [1.54, 1.807) is 18.2 Å². The number of likely N-dealkylation sites (N-methyl/N-ethyl adjacent to an activating group) is 1. The molecule has 0 radical (unpaired) electrons. The lowest BCUT2D eigenvalue weighted by Crippen LogP contribution is -2.24. The summed E-state index contributed by atoms with van der Waals surface area (Å²) in [5.41, 5.74) is 0.382. The first kappa shape index (κ1) is 12.9. The molecule has 0 heterocycles. The molecule has 1 amide bonds. The lowest BCUT2D eigenvalue weighted by Gasteiger charge is -2.15. The standard InChI is InChI=1S/C12H12FNO3/c1-14(11(15)6-7-12(16)17)8-9-4-2-3-5-10(9)13/h2-7H,8H2,1H3,(H,16,17)/b7-6+. The fourth-order valence-electron chi connectivity index (χ4n) is 1.23. The zero-order valence-electron chi connectivity index (χ0n) is 9.26. The van der Waals surface area contributed by atoms with E-state index in [0.29, 0.717) is 5.56 Å². The van der Waals surface area contributed by atoms with Gasteiger partial charge in [-0.2, -0.15) is 0 Å². The molecule has 0 aliphatic carbocycles. The Labute approximate surface area is 98.0 Å². The Morgan fingerprint density at radius 3 is 2.59 bits per heavy atom. The number of hydrogen-bond donors (Lipinski definition) is 1. The summed E-state index contributed by atoms with van der Waals surface area (Å²) in [4.78, 5) is 22.9. The molecule has 0 atom stereocenters. The topological polar surface area (TPSA) is 57.6 Å². The molecule has 1 aromatic rings. The number of carbonyl (C=O) groups excluding carboxylic acids is 1. The SMILES string of the molecule is CN(Cc1ccccc1F)C(=O)/C=C/C(=O)O. The molecule has 0 aliphatic rings. The monoisotopic (exact) mass is 237 g/mol. The number of carbonyl (C=O) groups is 2. The van der Waals surface area contributed by atoms with Crippen molar-refractivity contribution in [2.24, 2.45) is 0 Å². The maximum absolute atomic E-state index is 13.3. The van der Waals surface area contributed by atoms with Crippen molar-refractivity contribution >= 4 is 11.9 Å². The fraction of sp³-hybridized carbons (Fsp3) is 0.167. The van der Waals surface area contributed by atoms with E-state index in [2.05, 4.69) is 0 Å². The van der Waals surface area contributed by atoms with Gasteiger partial charge in [-0.15, -0.1) is 0 Å². The Morgan fingerprint density at radius 1 is 1.35 bits per heavy atom. The second kappa shape index (κ2) is 5.79. The van der Waals surface area contributed by atoms with Gasteiger partial charge in [0, 0.05) is 31.3 Å². The van der Waals surface area contributed by atoms with Crippen molar-refractivity contribution in [2.45, 2.75) is 6.54 Å². The summed E-state index contributed by atoms with van der Waals surface area (Å²) < 4.78 is 13.3. The smallest absolute Gasteiger partial charge is 0.328 e. The van der Waals surface area contributed by atoms with Crippen LogP contribution in [0.25, 0.3) is 0 Å². The van der Waals surface area contributed by atoms with Crippen LogP contribution in [0.3, 0.4) is 0 Å². The van der Waals surface area contributed by atoms with Gasteiger partial charge in [-0.3, -0.25) is 4.79 Å². The van der Waals surface area contributed by atoms with Gasteiger partial charge in [0.1, 0.15) is 5.82 Å².